The molecule has 0 saturated carbocycles. The third-order valence-electron chi connectivity index (χ3n) is 3.43. The number of rotatable bonds is 4. The van der Waals surface area contributed by atoms with Crippen LogP contribution < -0.4 is 39.6 Å². The smallest absolute Gasteiger partial charge is 0.548 e. The number of H-pyrrole nitrogens is 1. The van der Waals surface area contributed by atoms with Gasteiger partial charge in [0.25, 0.3) is 0 Å². The molecule has 0 saturated heterocycles. The maximum Gasteiger partial charge on any atom is 1.00 e. The summed E-state index contributed by atoms with van der Waals surface area (Å²) >= 11 is 0. The van der Waals surface area contributed by atoms with Crippen LogP contribution in [0.1, 0.15) is 0 Å². The summed E-state index contributed by atoms with van der Waals surface area (Å²) in [5, 5.41) is 10.6. The van der Waals surface area contributed by atoms with Crippen LogP contribution in [0, 0.1) is 0 Å². The van der Waals surface area contributed by atoms with Crippen LogP contribution in [0.25, 0.3) is 22.2 Å². The Bertz CT molecular complexity index is 783. The second kappa shape index (κ2) is 6.96. The number of aromatic amines is 1. The van der Waals surface area contributed by atoms with Gasteiger partial charge in [0.15, 0.2) is 0 Å². The van der Waals surface area contributed by atoms with Crippen molar-refractivity contribution in [3.8, 4) is 11.1 Å². The number of imidazole rings is 1. The van der Waals surface area contributed by atoms with Crippen molar-refractivity contribution in [2.24, 2.45) is 0 Å². The number of nitrogens with one attached hydrogen (secondary N) is 1. The van der Waals surface area contributed by atoms with Crippen LogP contribution in [-0.4, -0.2) is 29.5 Å². The SMILES string of the molecule is CN(CC(=O)[O-])c1ccc(-c2ccc3nc[nH]c3c2)cc1.[Na+]. The van der Waals surface area contributed by atoms with E-state index < -0.39 is 5.97 Å². The molecule has 3 rings (SSSR count). The Hall–Kier alpha value is -1.82. The molecule has 1 aromatic heterocycles. The van der Waals surface area contributed by atoms with E-state index in [1.165, 1.54) is 0 Å². The maximum absolute atomic E-state index is 10.6. The number of carbonyl (C=O) groups excluding carboxylic acids is 1. The van der Waals surface area contributed by atoms with Crippen LogP contribution in [0.15, 0.2) is 48.8 Å². The fourth-order valence-corrected chi connectivity index (χ4v) is 2.31. The molecule has 5 nitrogen and oxygen atoms in total. The monoisotopic (exact) mass is 303 g/mol. The number of aromatic nitrogens is 2. The number of aliphatic carboxylic acids is 1. The molecule has 0 amide bonds. The van der Waals surface area contributed by atoms with Crippen molar-refractivity contribution in [2.75, 3.05) is 18.5 Å². The molecule has 0 unspecified atom stereocenters. The van der Waals surface area contributed by atoms with E-state index in [4.69, 9.17) is 0 Å². The van der Waals surface area contributed by atoms with E-state index in [1.54, 1.807) is 18.3 Å². The molecule has 0 atom stereocenters. The predicted octanol–water partition coefficient (Wildman–Crippen LogP) is -1.58. The van der Waals surface area contributed by atoms with Crippen molar-refractivity contribution in [1.82, 2.24) is 9.97 Å². The number of nitrogens with zero attached hydrogens (tertiary/aromatic N) is 2. The van der Waals surface area contributed by atoms with Crippen molar-refractivity contribution >= 4 is 22.7 Å². The second-order valence-electron chi connectivity index (χ2n) is 4.91. The third-order valence-corrected chi connectivity index (χ3v) is 3.43. The fourth-order valence-electron chi connectivity index (χ4n) is 2.31. The summed E-state index contributed by atoms with van der Waals surface area (Å²) < 4.78 is 0. The standard InChI is InChI=1S/C16H15N3O2.Na/c1-19(9-16(20)21)13-5-2-11(3-6-13)12-4-7-14-15(8-12)18-10-17-14;/h2-8,10H,9H2,1H3,(H,17,18)(H,20,21);/q;+1/p-1. The molecule has 3 aromatic rings. The van der Waals surface area contributed by atoms with Crippen LogP contribution in [0.2, 0.25) is 0 Å². The Labute approximate surface area is 150 Å². The molecule has 6 heteroatoms. The first kappa shape index (κ1) is 16.5. The summed E-state index contributed by atoms with van der Waals surface area (Å²) in [5.74, 6) is -1.09. The maximum atomic E-state index is 10.6. The Kier molecular flexibility index (Phi) is 5.24. The van der Waals surface area contributed by atoms with E-state index in [1.807, 2.05) is 42.5 Å². The Balaban J connectivity index is 0.00000176. The molecule has 2 aromatic carbocycles. The van der Waals surface area contributed by atoms with Crippen LogP contribution in [-0.2, 0) is 4.79 Å². The minimum Gasteiger partial charge on any atom is -0.548 e. The Morgan fingerprint density at radius 1 is 1.18 bits per heavy atom. The minimum atomic E-state index is -1.09. The summed E-state index contributed by atoms with van der Waals surface area (Å²) in [6.07, 6.45) is 1.67. The minimum absolute atomic E-state index is 0. The number of benzene rings is 2. The van der Waals surface area contributed by atoms with E-state index in [0.29, 0.717) is 0 Å². The Morgan fingerprint density at radius 3 is 2.55 bits per heavy atom. The summed E-state index contributed by atoms with van der Waals surface area (Å²) in [6, 6.07) is 13.8. The van der Waals surface area contributed by atoms with Crippen LogP contribution in [0.5, 0.6) is 0 Å². The van der Waals surface area contributed by atoms with E-state index in [-0.39, 0.29) is 36.1 Å². The fraction of sp³-hybridized carbons (Fsp3) is 0.125. The number of anilines is 1. The first-order chi connectivity index (χ1) is 10.1. The zero-order chi connectivity index (χ0) is 14.8. The number of likely N-dealkylation sites (N-methyl/N-ethyl adjacent to an activating group) is 1. The van der Waals surface area contributed by atoms with Gasteiger partial charge in [-0.05, 0) is 35.4 Å². The second-order valence-corrected chi connectivity index (χ2v) is 4.91. The topological polar surface area (TPSA) is 72.1 Å². The van der Waals surface area contributed by atoms with Crippen molar-refractivity contribution < 1.29 is 39.5 Å². The summed E-state index contributed by atoms with van der Waals surface area (Å²) in [5.41, 5.74) is 4.92. The van der Waals surface area contributed by atoms with Gasteiger partial charge < -0.3 is 19.8 Å². The number of fused-ring (bicyclic) bond motifs is 1. The third kappa shape index (κ3) is 3.50. The largest absolute Gasteiger partial charge is 1.00 e. The van der Waals surface area contributed by atoms with E-state index in [9.17, 15) is 9.90 Å². The Morgan fingerprint density at radius 2 is 1.86 bits per heavy atom. The molecular formula is C16H14N3NaO2. The van der Waals surface area contributed by atoms with E-state index in [2.05, 4.69) is 9.97 Å². The zero-order valence-corrected chi connectivity index (χ0v) is 14.5. The van der Waals surface area contributed by atoms with Gasteiger partial charge in [0.2, 0.25) is 0 Å². The van der Waals surface area contributed by atoms with Crippen molar-refractivity contribution in [3.63, 3.8) is 0 Å². The number of carbonyl (C=O) groups is 1. The van der Waals surface area contributed by atoms with E-state index in [0.717, 1.165) is 27.8 Å². The molecule has 0 spiro atoms. The molecule has 22 heavy (non-hydrogen) atoms. The summed E-state index contributed by atoms with van der Waals surface area (Å²) in [6.45, 7) is -0.126. The summed E-state index contributed by atoms with van der Waals surface area (Å²) in [4.78, 5) is 19.5. The van der Waals surface area contributed by atoms with Gasteiger partial charge in [0, 0.05) is 12.7 Å². The first-order valence-electron chi connectivity index (χ1n) is 6.58. The number of carboxylic acid groups (broad SMARTS) is 1. The van der Waals surface area contributed by atoms with Gasteiger partial charge in [-0.1, -0.05) is 18.2 Å². The number of hydrogen-bond acceptors (Lipinski definition) is 4. The molecule has 1 N–H and O–H groups in total. The van der Waals surface area contributed by atoms with Crippen LogP contribution >= 0.6 is 0 Å². The van der Waals surface area contributed by atoms with Gasteiger partial charge in [0.05, 0.1) is 29.9 Å². The molecular weight excluding hydrogens is 289 g/mol. The van der Waals surface area contributed by atoms with E-state index >= 15 is 0 Å². The molecule has 0 bridgehead atoms. The average Bonchev–Trinajstić information content (AvgIpc) is 2.94. The van der Waals surface area contributed by atoms with Gasteiger partial charge in [0.1, 0.15) is 0 Å². The van der Waals surface area contributed by atoms with Gasteiger partial charge in [-0.3, -0.25) is 0 Å². The predicted molar refractivity (Wildman–Crippen MR) is 79.8 cm³/mol. The van der Waals surface area contributed by atoms with Crippen molar-refractivity contribution in [1.29, 1.82) is 0 Å². The molecule has 1 heterocycles. The number of carboxylic acids is 1. The van der Waals surface area contributed by atoms with Crippen LogP contribution in [0.4, 0.5) is 5.69 Å². The van der Waals surface area contributed by atoms with Gasteiger partial charge >= 0.3 is 29.6 Å². The van der Waals surface area contributed by atoms with Crippen LogP contribution in [0.3, 0.4) is 0 Å². The molecule has 0 radical (unpaired) electrons. The molecule has 106 valence electrons. The normalized spacial score (nSPS) is 10.2. The quantitative estimate of drug-likeness (QED) is 0.591. The first-order valence-corrected chi connectivity index (χ1v) is 6.58. The van der Waals surface area contributed by atoms with Gasteiger partial charge in [-0.15, -0.1) is 0 Å². The summed E-state index contributed by atoms with van der Waals surface area (Å²) in [7, 11) is 1.72. The van der Waals surface area contributed by atoms with Crippen molar-refractivity contribution in [3.05, 3.63) is 48.8 Å². The molecule has 0 fully saturated rings. The van der Waals surface area contributed by atoms with Crippen molar-refractivity contribution in [2.45, 2.75) is 0 Å². The molecule has 0 aliphatic carbocycles. The van der Waals surface area contributed by atoms with Gasteiger partial charge in [-0.25, -0.2) is 4.98 Å². The van der Waals surface area contributed by atoms with Gasteiger partial charge in [-0.2, -0.15) is 0 Å². The zero-order valence-electron chi connectivity index (χ0n) is 12.5. The average molecular weight is 303 g/mol. The number of hydrogen-bond donors (Lipinski definition) is 1. The molecule has 0 aliphatic rings. The molecule has 0 aliphatic heterocycles.